The Kier molecular flexibility index (Phi) is 9.25. The number of likely N-dealkylation sites (N-methyl/N-ethyl adjacent to an activating group) is 1. The molecule has 3 rings (SSSR count). The fraction of sp³-hybridized carbons (Fsp3) is 0.444. The van der Waals surface area contributed by atoms with Crippen molar-refractivity contribution >= 4 is 17.6 Å². The number of hydrogen-bond donors (Lipinski definition) is 2. The summed E-state index contributed by atoms with van der Waals surface area (Å²) in [5.41, 5.74) is 0.939. The molecule has 0 saturated carbocycles. The SMILES string of the molecule is CCCC#Cc1cnc2c(c1)C(=O)N([C@H](C)CO)C[C@H](C)[C@@H](CN(C)C(=O)Nc1ccccc1F)O2. The first-order valence-electron chi connectivity index (χ1n) is 12.1. The molecule has 0 aliphatic carbocycles. The van der Waals surface area contributed by atoms with Crippen LogP contribution in [0.5, 0.6) is 5.88 Å². The minimum atomic E-state index is -0.530. The molecule has 0 unspecified atom stereocenters. The zero-order chi connectivity index (χ0) is 26.2. The monoisotopic (exact) mass is 496 g/mol. The molecule has 0 saturated heterocycles. The summed E-state index contributed by atoms with van der Waals surface area (Å²) in [6.45, 7) is 5.98. The minimum absolute atomic E-state index is 0.0817. The van der Waals surface area contributed by atoms with E-state index in [9.17, 15) is 19.1 Å². The second-order valence-corrected chi connectivity index (χ2v) is 9.04. The second kappa shape index (κ2) is 12.4. The molecule has 0 spiro atoms. The van der Waals surface area contributed by atoms with Crippen molar-refractivity contribution in [1.82, 2.24) is 14.8 Å². The Labute approximate surface area is 211 Å². The standard InChI is InChI=1S/C27H33FN4O4/c1-5-6-7-10-20-13-21-25(29-14-20)36-24(18(2)15-32(26(21)34)19(3)17-33)16-31(4)27(35)30-23-12-9-8-11-22(23)28/h8-9,11-14,18-19,24,33H,5-6,15-17H2,1-4H3,(H,30,35)/t18-,19+,24+/m0/s1. The number of rotatable bonds is 6. The fourth-order valence-electron chi connectivity index (χ4n) is 3.80. The van der Waals surface area contributed by atoms with Gasteiger partial charge in [-0.25, -0.2) is 14.2 Å². The van der Waals surface area contributed by atoms with Gasteiger partial charge in [-0.15, -0.1) is 0 Å². The molecule has 1 aliphatic heterocycles. The number of benzene rings is 1. The first-order valence-corrected chi connectivity index (χ1v) is 12.1. The normalized spacial score (nSPS) is 18.1. The van der Waals surface area contributed by atoms with Crippen molar-refractivity contribution in [2.75, 3.05) is 32.1 Å². The van der Waals surface area contributed by atoms with E-state index >= 15 is 0 Å². The molecule has 2 N–H and O–H groups in total. The molecule has 1 aliphatic rings. The molecule has 36 heavy (non-hydrogen) atoms. The van der Waals surface area contributed by atoms with Crippen LogP contribution in [0.4, 0.5) is 14.9 Å². The Bertz CT molecular complexity index is 1150. The van der Waals surface area contributed by atoms with Crippen LogP contribution >= 0.6 is 0 Å². The number of carbonyl (C=O) groups excluding carboxylic acids is 2. The number of pyridine rings is 1. The number of halogens is 1. The third-order valence-electron chi connectivity index (χ3n) is 6.04. The molecule has 0 bridgehead atoms. The second-order valence-electron chi connectivity index (χ2n) is 9.04. The summed E-state index contributed by atoms with van der Waals surface area (Å²) < 4.78 is 20.2. The molecule has 2 aromatic rings. The van der Waals surface area contributed by atoms with Crippen LogP contribution < -0.4 is 10.1 Å². The highest BCUT2D eigenvalue weighted by Gasteiger charge is 2.34. The number of unbranched alkanes of at least 4 members (excludes halogenated alkanes) is 1. The molecule has 9 heteroatoms. The number of para-hydroxylation sites is 1. The average Bonchev–Trinajstić information content (AvgIpc) is 2.87. The quantitative estimate of drug-likeness (QED) is 0.594. The van der Waals surface area contributed by atoms with E-state index in [-0.39, 0.29) is 42.1 Å². The van der Waals surface area contributed by atoms with Gasteiger partial charge < -0.3 is 25.0 Å². The molecule has 8 nitrogen and oxygen atoms in total. The number of anilines is 1. The van der Waals surface area contributed by atoms with Gasteiger partial charge in [-0.05, 0) is 31.5 Å². The van der Waals surface area contributed by atoms with Crippen molar-refractivity contribution in [3.8, 4) is 17.7 Å². The van der Waals surface area contributed by atoms with Crippen molar-refractivity contribution in [1.29, 1.82) is 0 Å². The Hall–Kier alpha value is -3.64. The lowest BCUT2D eigenvalue weighted by atomic mass is 10.00. The molecule has 3 amide bonds. The van der Waals surface area contributed by atoms with E-state index < -0.39 is 24.0 Å². The predicted octanol–water partition coefficient (Wildman–Crippen LogP) is 3.76. The highest BCUT2D eigenvalue weighted by molar-refractivity contribution is 5.97. The summed E-state index contributed by atoms with van der Waals surface area (Å²) in [5, 5.41) is 12.4. The van der Waals surface area contributed by atoms with Gasteiger partial charge in [0.1, 0.15) is 17.5 Å². The first kappa shape index (κ1) is 27.0. The number of aliphatic hydroxyl groups excluding tert-OH is 1. The van der Waals surface area contributed by atoms with Gasteiger partial charge in [0.25, 0.3) is 5.91 Å². The van der Waals surface area contributed by atoms with Crippen LogP contribution in [0.2, 0.25) is 0 Å². The van der Waals surface area contributed by atoms with Crippen molar-refractivity contribution in [3.63, 3.8) is 0 Å². The van der Waals surface area contributed by atoms with E-state index in [0.29, 0.717) is 12.1 Å². The van der Waals surface area contributed by atoms with E-state index in [1.165, 1.54) is 17.0 Å². The molecular formula is C27H33FN4O4. The predicted molar refractivity (Wildman–Crippen MR) is 135 cm³/mol. The largest absolute Gasteiger partial charge is 0.472 e. The Balaban J connectivity index is 1.88. The third kappa shape index (κ3) is 6.52. The van der Waals surface area contributed by atoms with Crippen LogP contribution in [0.25, 0.3) is 0 Å². The number of nitrogens with one attached hydrogen (secondary N) is 1. The summed E-state index contributed by atoms with van der Waals surface area (Å²) in [4.78, 5) is 33.6. The molecular weight excluding hydrogens is 463 g/mol. The third-order valence-corrected chi connectivity index (χ3v) is 6.04. The number of hydrogen-bond acceptors (Lipinski definition) is 5. The number of urea groups is 1. The molecule has 192 valence electrons. The molecule has 3 atom stereocenters. The van der Waals surface area contributed by atoms with Crippen LogP contribution in [-0.4, -0.2) is 70.7 Å². The van der Waals surface area contributed by atoms with Crippen molar-refractivity contribution in [2.24, 2.45) is 5.92 Å². The van der Waals surface area contributed by atoms with Crippen LogP contribution in [0.1, 0.15) is 49.5 Å². The van der Waals surface area contributed by atoms with Crippen LogP contribution in [0.3, 0.4) is 0 Å². The number of carbonyl (C=O) groups is 2. The van der Waals surface area contributed by atoms with Crippen molar-refractivity contribution < 1.29 is 23.8 Å². The summed E-state index contributed by atoms with van der Waals surface area (Å²) in [7, 11) is 1.59. The van der Waals surface area contributed by atoms with Crippen molar-refractivity contribution in [3.05, 3.63) is 53.5 Å². The maximum Gasteiger partial charge on any atom is 0.321 e. The fourth-order valence-corrected chi connectivity index (χ4v) is 3.80. The molecule has 0 radical (unpaired) electrons. The summed E-state index contributed by atoms with van der Waals surface area (Å²) in [5.74, 6) is 5.19. The lowest BCUT2D eigenvalue weighted by molar-refractivity contribution is 0.0356. The van der Waals surface area contributed by atoms with Gasteiger partial charge in [-0.3, -0.25) is 4.79 Å². The zero-order valence-corrected chi connectivity index (χ0v) is 21.1. The first-order chi connectivity index (χ1) is 17.2. The topological polar surface area (TPSA) is 95.0 Å². The Morgan fingerprint density at radius 1 is 1.42 bits per heavy atom. The lowest BCUT2D eigenvalue weighted by Crippen LogP contribution is -2.50. The Morgan fingerprint density at radius 2 is 2.17 bits per heavy atom. The van der Waals surface area contributed by atoms with Gasteiger partial charge in [-0.2, -0.15) is 0 Å². The van der Waals surface area contributed by atoms with Gasteiger partial charge in [0.15, 0.2) is 0 Å². The average molecular weight is 497 g/mol. The summed E-state index contributed by atoms with van der Waals surface area (Å²) in [6, 6.07) is 6.67. The van der Waals surface area contributed by atoms with Gasteiger partial charge in [0.2, 0.25) is 5.88 Å². The number of nitrogens with zero attached hydrogens (tertiary/aromatic N) is 3. The molecule has 2 heterocycles. The smallest absolute Gasteiger partial charge is 0.321 e. The van der Waals surface area contributed by atoms with Crippen molar-refractivity contribution in [2.45, 2.75) is 45.8 Å². The molecule has 1 aromatic carbocycles. The minimum Gasteiger partial charge on any atom is -0.472 e. The van der Waals surface area contributed by atoms with Gasteiger partial charge in [0, 0.05) is 37.7 Å². The number of aliphatic hydroxyl groups is 1. The van der Waals surface area contributed by atoms with E-state index in [0.717, 1.165) is 12.8 Å². The summed E-state index contributed by atoms with van der Waals surface area (Å²) in [6.07, 6.45) is 2.70. The maximum atomic E-state index is 14.0. The number of aromatic nitrogens is 1. The van der Waals surface area contributed by atoms with E-state index in [1.807, 2.05) is 13.8 Å². The van der Waals surface area contributed by atoms with Gasteiger partial charge >= 0.3 is 6.03 Å². The van der Waals surface area contributed by atoms with Crippen LogP contribution in [0, 0.1) is 23.6 Å². The van der Waals surface area contributed by atoms with Crippen LogP contribution in [0.15, 0.2) is 36.5 Å². The molecule has 0 fully saturated rings. The number of amides is 3. The van der Waals surface area contributed by atoms with Gasteiger partial charge in [-0.1, -0.05) is 37.8 Å². The highest BCUT2D eigenvalue weighted by Crippen LogP contribution is 2.27. The van der Waals surface area contributed by atoms with E-state index in [2.05, 4.69) is 22.1 Å². The Morgan fingerprint density at radius 3 is 2.86 bits per heavy atom. The number of ether oxygens (including phenoxy) is 1. The number of fused-ring (bicyclic) bond motifs is 1. The summed E-state index contributed by atoms with van der Waals surface area (Å²) >= 11 is 0. The zero-order valence-electron chi connectivity index (χ0n) is 21.1. The van der Waals surface area contributed by atoms with E-state index in [1.54, 1.807) is 43.3 Å². The van der Waals surface area contributed by atoms with Gasteiger partial charge in [0.05, 0.1) is 24.9 Å². The maximum absolute atomic E-state index is 14.0. The van der Waals surface area contributed by atoms with Crippen LogP contribution in [-0.2, 0) is 0 Å². The highest BCUT2D eigenvalue weighted by atomic mass is 19.1. The lowest BCUT2D eigenvalue weighted by Gasteiger charge is -2.37. The van der Waals surface area contributed by atoms with E-state index in [4.69, 9.17) is 4.74 Å². The molecule has 1 aromatic heterocycles.